The molecule has 0 fully saturated rings. The lowest BCUT2D eigenvalue weighted by Gasteiger charge is -2.16. The molecule has 1 atom stereocenters. The van der Waals surface area contributed by atoms with Crippen molar-refractivity contribution >= 4 is 23.4 Å². The minimum Gasteiger partial charge on any atom is -0.478 e. The third-order valence-electron chi connectivity index (χ3n) is 2.68. The highest BCUT2D eigenvalue weighted by Gasteiger charge is 2.14. The van der Waals surface area contributed by atoms with Crippen molar-refractivity contribution in [3.63, 3.8) is 0 Å². The molecule has 2 N–H and O–H groups in total. The van der Waals surface area contributed by atoms with Gasteiger partial charge in [-0.1, -0.05) is 25.4 Å². The highest BCUT2D eigenvalue weighted by Crippen LogP contribution is 2.24. The molecule has 1 rings (SSSR count). The summed E-state index contributed by atoms with van der Waals surface area (Å²) in [5.74, 6) is 0.0381. The minimum atomic E-state index is -1.04. The van der Waals surface area contributed by atoms with E-state index in [9.17, 15) is 4.79 Å². The molecule has 0 aliphatic heterocycles. The van der Waals surface area contributed by atoms with Gasteiger partial charge >= 0.3 is 5.97 Å². The van der Waals surface area contributed by atoms with E-state index in [2.05, 4.69) is 24.1 Å². The third-order valence-corrected chi connectivity index (χ3v) is 3.06. The van der Waals surface area contributed by atoms with E-state index >= 15 is 0 Å². The Hall–Kier alpha value is -1.29. The molecule has 1 aromatic heterocycles. The third kappa shape index (κ3) is 4.18. The Kier molecular flexibility index (Phi) is 5.41. The molecule has 5 heteroatoms. The van der Waals surface area contributed by atoms with E-state index < -0.39 is 5.97 Å². The summed E-state index contributed by atoms with van der Waals surface area (Å²) >= 11 is 6.00. The molecule has 0 bridgehead atoms. The number of aromatic nitrogens is 1. The number of carboxylic acid groups (broad SMARTS) is 1. The zero-order valence-electron chi connectivity index (χ0n) is 10.9. The Morgan fingerprint density at radius 1 is 1.44 bits per heavy atom. The monoisotopic (exact) mass is 270 g/mol. The van der Waals surface area contributed by atoms with Crippen molar-refractivity contribution in [2.24, 2.45) is 5.92 Å². The maximum atomic E-state index is 10.9. The Balaban J connectivity index is 2.73. The van der Waals surface area contributed by atoms with Crippen molar-refractivity contribution < 1.29 is 9.90 Å². The predicted octanol–water partition coefficient (Wildman–Crippen LogP) is 3.67. The van der Waals surface area contributed by atoms with Crippen molar-refractivity contribution in [3.8, 4) is 0 Å². The topological polar surface area (TPSA) is 62.2 Å². The fraction of sp³-hybridized carbons (Fsp3) is 0.538. The number of carboxylic acids is 1. The van der Waals surface area contributed by atoms with Crippen molar-refractivity contribution in [3.05, 3.63) is 22.8 Å². The SMILES string of the molecule is CC(C)CCC(C)Nc1nccc(C(=O)O)c1Cl. The van der Waals surface area contributed by atoms with Crippen molar-refractivity contribution in [2.75, 3.05) is 5.32 Å². The van der Waals surface area contributed by atoms with Crippen LogP contribution in [0.1, 0.15) is 44.0 Å². The molecule has 0 saturated carbocycles. The summed E-state index contributed by atoms with van der Waals surface area (Å²) in [5, 5.41) is 12.3. The molecule has 0 aliphatic rings. The molecule has 0 aliphatic carbocycles. The van der Waals surface area contributed by atoms with E-state index in [1.165, 1.54) is 12.3 Å². The van der Waals surface area contributed by atoms with Crippen LogP contribution in [0.15, 0.2) is 12.3 Å². The minimum absolute atomic E-state index is 0.0743. The molecule has 4 nitrogen and oxygen atoms in total. The van der Waals surface area contributed by atoms with E-state index in [1.54, 1.807) is 0 Å². The van der Waals surface area contributed by atoms with Gasteiger partial charge < -0.3 is 10.4 Å². The Morgan fingerprint density at radius 2 is 2.11 bits per heavy atom. The van der Waals surface area contributed by atoms with Crippen LogP contribution in [-0.2, 0) is 0 Å². The van der Waals surface area contributed by atoms with Gasteiger partial charge in [0.05, 0.1) is 10.6 Å². The van der Waals surface area contributed by atoms with Crippen LogP contribution in [0.4, 0.5) is 5.82 Å². The first-order valence-corrected chi connectivity index (χ1v) is 6.44. The Labute approximate surface area is 112 Å². The molecule has 0 spiro atoms. The second kappa shape index (κ2) is 6.59. The first kappa shape index (κ1) is 14.8. The lowest BCUT2D eigenvalue weighted by molar-refractivity contribution is 0.0697. The van der Waals surface area contributed by atoms with E-state index in [-0.39, 0.29) is 16.6 Å². The van der Waals surface area contributed by atoms with Gasteiger partial charge in [0.1, 0.15) is 5.82 Å². The Bertz CT molecular complexity index is 421. The molecule has 0 amide bonds. The van der Waals surface area contributed by atoms with Gasteiger partial charge in [0.25, 0.3) is 0 Å². The molecular weight excluding hydrogens is 252 g/mol. The number of aromatic carboxylic acids is 1. The van der Waals surface area contributed by atoms with Gasteiger partial charge in [0.2, 0.25) is 0 Å². The van der Waals surface area contributed by atoms with Crippen LogP contribution < -0.4 is 5.32 Å². The van der Waals surface area contributed by atoms with Gasteiger partial charge in [-0.25, -0.2) is 9.78 Å². The molecule has 0 saturated heterocycles. The van der Waals surface area contributed by atoms with Crippen molar-refractivity contribution in [1.82, 2.24) is 4.98 Å². The van der Waals surface area contributed by atoms with Gasteiger partial charge in [0.15, 0.2) is 0 Å². The number of nitrogens with zero attached hydrogens (tertiary/aromatic N) is 1. The maximum absolute atomic E-state index is 10.9. The molecule has 0 aromatic carbocycles. The second-order valence-electron chi connectivity index (χ2n) is 4.84. The summed E-state index contributed by atoms with van der Waals surface area (Å²) in [6, 6.07) is 1.61. The number of hydrogen-bond donors (Lipinski definition) is 2. The normalized spacial score (nSPS) is 12.5. The number of pyridine rings is 1. The van der Waals surface area contributed by atoms with Crippen LogP contribution >= 0.6 is 11.6 Å². The zero-order chi connectivity index (χ0) is 13.7. The lowest BCUT2D eigenvalue weighted by Crippen LogP contribution is -2.17. The highest BCUT2D eigenvalue weighted by atomic mass is 35.5. The number of nitrogens with one attached hydrogen (secondary N) is 1. The van der Waals surface area contributed by atoms with Crippen molar-refractivity contribution in [1.29, 1.82) is 0 Å². The summed E-state index contributed by atoms with van der Waals surface area (Å²) < 4.78 is 0. The molecule has 100 valence electrons. The summed E-state index contributed by atoms with van der Waals surface area (Å²) in [5.41, 5.74) is 0.0743. The lowest BCUT2D eigenvalue weighted by atomic mass is 10.0. The van der Waals surface area contributed by atoms with Gasteiger partial charge in [-0.3, -0.25) is 0 Å². The second-order valence-corrected chi connectivity index (χ2v) is 5.22. The van der Waals surface area contributed by atoms with Gasteiger partial charge in [-0.15, -0.1) is 0 Å². The molecule has 1 heterocycles. The first-order valence-electron chi connectivity index (χ1n) is 6.06. The smallest absolute Gasteiger partial charge is 0.337 e. The largest absolute Gasteiger partial charge is 0.478 e. The van der Waals surface area contributed by atoms with Crippen molar-refractivity contribution in [2.45, 2.75) is 39.7 Å². The van der Waals surface area contributed by atoms with Gasteiger partial charge in [0, 0.05) is 12.2 Å². The summed E-state index contributed by atoms with van der Waals surface area (Å²) in [6.45, 7) is 6.37. The Morgan fingerprint density at radius 3 is 2.67 bits per heavy atom. The molecular formula is C13H19ClN2O2. The van der Waals surface area contributed by atoms with E-state index in [1.807, 2.05) is 6.92 Å². The van der Waals surface area contributed by atoms with Gasteiger partial charge in [-0.2, -0.15) is 0 Å². The first-order chi connectivity index (χ1) is 8.41. The number of rotatable bonds is 6. The van der Waals surface area contributed by atoms with E-state index in [0.717, 1.165) is 12.8 Å². The van der Waals surface area contributed by atoms with Crippen LogP contribution in [0.2, 0.25) is 5.02 Å². The van der Waals surface area contributed by atoms with E-state index in [0.29, 0.717) is 11.7 Å². The van der Waals surface area contributed by atoms with Crippen LogP contribution in [0.3, 0.4) is 0 Å². The predicted molar refractivity (Wildman–Crippen MR) is 73.4 cm³/mol. The quantitative estimate of drug-likeness (QED) is 0.828. The fourth-order valence-electron chi connectivity index (χ4n) is 1.60. The standard InChI is InChI=1S/C13H19ClN2O2/c1-8(2)4-5-9(3)16-12-11(14)10(13(17)18)6-7-15-12/h6-9H,4-5H2,1-3H3,(H,15,16)(H,17,18). The summed E-state index contributed by atoms with van der Waals surface area (Å²) in [4.78, 5) is 15.0. The number of halogens is 1. The molecule has 1 aromatic rings. The van der Waals surface area contributed by atoms with Crippen LogP contribution in [-0.4, -0.2) is 22.1 Å². The number of carbonyl (C=O) groups is 1. The fourth-order valence-corrected chi connectivity index (χ4v) is 1.85. The van der Waals surface area contributed by atoms with Crippen LogP contribution in [0, 0.1) is 5.92 Å². The zero-order valence-corrected chi connectivity index (χ0v) is 11.7. The molecule has 0 radical (unpaired) electrons. The average molecular weight is 271 g/mol. The highest BCUT2D eigenvalue weighted by molar-refractivity contribution is 6.35. The maximum Gasteiger partial charge on any atom is 0.337 e. The number of anilines is 1. The van der Waals surface area contributed by atoms with Crippen LogP contribution in [0.5, 0.6) is 0 Å². The number of hydrogen-bond acceptors (Lipinski definition) is 3. The average Bonchev–Trinajstić information content (AvgIpc) is 2.29. The van der Waals surface area contributed by atoms with Gasteiger partial charge in [-0.05, 0) is 31.7 Å². The van der Waals surface area contributed by atoms with Crippen LogP contribution in [0.25, 0.3) is 0 Å². The molecule has 1 unspecified atom stereocenters. The summed E-state index contributed by atoms with van der Waals surface area (Å²) in [6.07, 6.45) is 3.55. The summed E-state index contributed by atoms with van der Waals surface area (Å²) in [7, 11) is 0. The van der Waals surface area contributed by atoms with E-state index in [4.69, 9.17) is 16.7 Å². The molecule has 18 heavy (non-hydrogen) atoms.